The summed E-state index contributed by atoms with van der Waals surface area (Å²) in [6.45, 7) is 24.6. The number of thiazole rings is 3. The van der Waals surface area contributed by atoms with E-state index in [0.717, 1.165) is 92.6 Å². The molecule has 4 heterocycles. The first kappa shape index (κ1) is 95.5. The highest BCUT2D eigenvalue weighted by atomic mass is 32.2. The molecule has 15 rings (SSSR count). The van der Waals surface area contributed by atoms with Crippen LogP contribution in [0.2, 0.25) is 0 Å². The maximum Gasteiger partial charge on any atom is 0.343 e. The minimum absolute atomic E-state index is 0.130. The molecule has 0 aliphatic carbocycles. The maximum atomic E-state index is 13.2. The number of carbonyl (C=O) groups is 10. The third-order valence-electron chi connectivity index (χ3n) is 19.1. The summed E-state index contributed by atoms with van der Waals surface area (Å²) in [5.74, 6) is -3.32. The van der Waals surface area contributed by atoms with Crippen LogP contribution in [0, 0.1) is 20.4 Å². The van der Waals surface area contributed by atoms with Crippen LogP contribution in [-0.4, -0.2) is 109 Å². The predicted octanol–water partition coefficient (Wildman–Crippen LogP) is 21.4. The monoisotopic (exact) mass is 1890 g/mol. The lowest BCUT2D eigenvalue weighted by molar-refractivity contribution is -0.145. The quantitative estimate of drug-likeness (QED) is 0.00972. The second-order valence-electron chi connectivity index (χ2n) is 27.9. The van der Waals surface area contributed by atoms with Gasteiger partial charge in [-0.15, -0.1) is 34.0 Å². The van der Waals surface area contributed by atoms with E-state index in [9.17, 15) is 47.9 Å². The maximum absolute atomic E-state index is 13.2. The molecule has 0 saturated carbocycles. The zero-order valence-electron chi connectivity index (χ0n) is 72.0. The number of ether oxygens (including phenoxy) is 14. The minimum atomic E-state index is -0.826. The highest BCUT2D eigenvalue weighted by molar-refractivity contribution is 8.24. The average Bonchev–Trinajstić information content (AvgIpc) is 1.62. The fraction of sp³-hybridized carbons (Fsp3) is 0.109. The zero-order chi connectivity index (χ0) is 94.9. The van der Waals surface area contributed by atoms with Gasteiger partial charge in [0.1, 0.15) is 59.9 Å². The second-order valence-corrected chi connectivity index (χ2v) is 33.3. The summed E-state index contributed by atoms with van der Waals surface area (Å²) >= 11 is 6.14. The first-order chi connectivity index (χ1) is 64.9. The van der Waals surface area contributed by atoms with E-state index in [4.69, 9.17) is 87.8 Å². The summed E-state index contributed by atoms with van der Waals surface area (Å²) in [6.07, 6.45) is 8.55. The number of carbonyl (C=O) groups excluding carboxylic acids is 10. The van der Waals surface area contributed by atoms with Gasteiger partial charge in [0.25, 0.3) is 5.70 Å². The normalized spacial score (nSPS) is 11.4. The van der Waals surface area contributed by atoms with Crippen molar-refractivity contribution < 1.29 is 114 Å². The van der Waals surface area contributed by atoms with Crippen LogP contribution in [0.3, 0.4) is 0 Å². The van der Waals surface area contributed by atoms with Gasteiger partial charge in [-0.2, -0.15) is 0 Å². The summed E-state index contributed by atoms with van der Waals surface area (Å²) in [5.41, 5.74) is 8.57. The number of esters is 10. The van der Waals surface area contributed by atoms with E-state index in [0.29, 0.717) is 84.9 Å². The lowest BCUT2D eigenvalue weighted by atomic mass is 10.1. The molecule has 0 unspecified atom stereocenters. The lowest BCUT2D eigenvalue weighted by Crippen LogP contribution is -2.11. The minimum Gasteiger partial charge on any atom is -0.497 e. The molecular weight excluding hydrogens is 1810 g/mol. The summed E-state index contributed by atoms with van der Waals surface area (Å²) in [7, 11) is 2.71. The third-order valence-corrected chi connectivity index (χ3v) is 25.2. The van der Waals surface area contributed by atoms with Gasteiger partial charge in [0.05, 0.1) is 78.4 Å². The molecule has 674 valence electrons. The molecule has 0 saturated heterocycles. The van der Waals surface area contributed by atoms with Crippen LogP contribution in [0.4, 0.5) is 0 Å². The van der Waals surface area contributed by atoms with Gasteiger partial charge in [-0.1, -0.05) is 129 Å². The summed E-state index contributed by atoms with van der Waals surface area (Å²) in [6, 6.07) is 62.3. The molecule has 0 radical (unpaired) electrons. The van der Waals surface area contributed by atoms with Crippen LogP contribution < -0.4 is 47.4 Å². The van der Waals surface area contributed by atoms with Crippen LogP contribution in [0.1, 0.15) is 109 Å². The number of fused-ring (bicyclic) bond motifs is 4. The van der Waals surface area contributed by atoms with E-state index in [1.807, 2.05) is 107 Å². The van der Waals surface area contributed by atoms with Crippen molar-refractivity contribution in [2.24, 2.45) is 0 Å². The number of rotatable bonds is 31. The zero-order valence-corrected chi connectivity index (χ0v) is 76.1. The molecule has 0 bridgehead atoms. The van der Waals surface area contributed by atoms with Gasteiger partial charge in [-0.3, -0.25) is 4.79 Å². The number of thioether (sulfide) groups is 2. The van der Waals surface area contributed by atoms with Gasteiger partial charge in [0, 0.05) is 18.2 Å². The van der Waals surface area contributed by atoms with Crippen molar-refractivity contribution in [3.63, 3.8) is 0 Å². The fourth-order valence-corrected chi connectivity index (χ4v) is 17.6. The van der Waals surface area contributed by atoms with Gasteiger partial charge in [0.15, 0.2) is 33.0 Å². The number of hydrogen-bond donors (Lipinski definition) is 0. The molecule has 11 aromatic carbocycles. The van der Waals surface area contributed by atoms with Gasteiger partial charge in [-0.05, 0) is 219 Å². The molecule has 0 fully saturated rings. The number of methoxy groups -OCH3 is 2. The molecule has 3 aromatic heterocycles. The molecule has 0 N–H and O–H groups in total. The van der Waals surface area contributed by atoms with Gasteiger partial charge in [0.2, 0.25) is 20.4 Å². The van der Waals surface area contributed by atoms with Crippen LogP contribution in [0.5, 0.6) is 57.5 Å². The summed E-state index contributed by atoms with van der Waals surface area (Å²) < 4.78 is 77.2. The Morgan fingerprint density at radius 2 is 0.746 bits per heavy atom. The Morgan fingerprint density at radius 1 is 0.388 bits per heavy atom. The second kappa shape index (κ2) is 45.4. The van der Waals surface area contributed by atoms with E-state index < -0.39 is 59.7 Å². The smallest absolute Gasteiger partial charge is 0.343 e. The molecule has 1 aliphatic heterocycles. The van der Waals surface area contributed by atoms with E-state index >= 15 is 0 Å². The first-order valence-electron chi connectivity index (χ1n) is 40.4. The first-order valence-corrected chi connectivity index (χ1v) is 44.4. The number of aromatic nitrogens is 3. The Hall–Kier alpha value is -16.1. The standard InChI is InChI=1S/C36H29NO7S.C34H24N2O8S2.C31H23NO9S2/c1-4-24-10-13-26(14-11-24)35(39)43-29-19-20-30(34-33(29)37-31(45-34)21-12-25-8-6-23(3)7-9-25)44-36(40)27-15-17-28(18-16-27)41-22-42-32(38)5-2;1-4-27(37)42-18-41-23-14-10-21(11-15-23)34(39)44-26-17-16-25(43-33(38)20-8-12-22(40-3)13-9-20)28-30(26)46-32(36-28)31-35-24-7-5-6-19(2)29(24)45-31;1-5-18-7-9-19(10-8-18)28(34)40-22-15-16-23(27-26(22)42-31(43-27)25(32-3)30(36)37-4)41-29(35)20-11-13-21(14-12-20)38-17-39-24(33)6-2/h5-21H,2,4,22H2,1,3H3;4-17H,1,18H2,2-3H3;6-16H,2,5,17H2,1,4H3/b21-12+;;31-25-. The Bertz CT molecular complexity index is 6940. The average molecular weight is 1890 g/mol. The van der Waals surface area contributed by atoms with E-state index in [2.05, 4.69) is 24.6 Å². The summed E-state index contributed by atoms with van der Waals surface area (Å²) in [5, 5.41) is 1.90. The van der Waals surface area contributed by atoms with Crippen molar-refractivity contribution in [2.45, 2.75) is 50.3 Å². The van der Waals surface area contributed by atoms with E-state index in [1.54, 1.807) is 104 Å². The number of benzene rings is 11. The fourth-order valence-electron chi connectivity index (χ4n) is 12.0. The van der Waals surface area contributed by atoms with Crippen LogP contribution >= 0.6 is 57.5 Å². The Balaban J connectivity index is 0.000000171. The molecule has 1 aliphatic rings. The molecule has 33 heteroatoms. The van der Waals surface area contributed by atoms with E-state index in [-0.39, 0.29) is 81.5 Å². The van der Waals surface area contributed by atoms with Gasteiger partial charge >= 0.3 is 59.7 Å². The number of aryl methyl sites for hydroxylation is 4. The molecule has 0 spiro atoms. The Kier molecular flexibility index (Phi) is 32.4. The molecule has 134 heavy (non-hydrogen) atoms. The van der Waals surface area contributed by atoms with Crippen molar-refractivity contribution in [1.82, 2.24) is 15.0 Å². The number of hydrogen-bond acceptors (Lipinski definition) is 32. The van der Waals surface area contributed by atoms with Crippen molar-refractivity contribution in [1.29, 1.82) is 0 Å². The lowest BCUT2D eigenvalue weighted by Gasteiger charge is -2.12. The molecule has 28 nitrogen and oxygen atoms in total. The highest BCUT2D eigenvalue weighted by Crippen LogP contribution is 2.59. The van der Waals surface area contributed by atoms with Crippen molar-refractivity contribution >= 4 is 160 Å². The predicted molar refractivity (Wildman–Crippen MR) is 506 cm³/mol. The Labute approximate surface area is 786 Å². The summed E-state index contributed by atoms with van der Waals surface area (Å²) in [4.78, 5) is 142. The topological polar surface area (TPSA) is 343 Å². The van der Waals surface area contributed by atoms with E-state index in [1.165, 1.54) is 102 Å². The van der Waals surface area contributed by atoms with Crippen LogP contribution in [-0.2, 0) is 51.0 Å². The molecule has 14 aromatic rings. The molecule has 0 atom stereocenters. The largest absolute Gasteiger partial charge is 0.497 e. The van der Waals surface area contributed by atoms with Crippen molar-refractivity contribution in [3.05, 3.63) is 350 Å². The third kappa shape index (κ3) is 24.5. The van der Waals surface area contributed by atoms with Crippen molar-refractivity contribution in [3.8, 4) is 67.5 Å². The van der Waals surface area contributed by atoms with Gasteiger partial charge < -0.3 is 66.3 Å². The SMILES string of the molecule is C=CC(=O)OCOc1ccc(C(=O)Oc2ccc(OC(=O)c3ccc(CC)cc3)c3nc(/C=C/c4ccc(C)cc4)sc23)cc1.C=CC(=O)OCOc1ccc(C(=O)Oc2ccc(OC(=O)c3ccc(OC)cc3)c3nc(-c4nc5cccc(C)c5s4)sc23)cc1.[C-]#[N+]/C(C(=O)OC)=C1/Sc2c(OC(=O)c3ccc(CC)cc3)ccc(OC(=O)c3ccc(OCOC(=O)C=C)cc3)c2S1. The highest BCUT2D eigenvalue weighted by Gasteiger charge is 2.34. The molecule has 0 amide bonds. The van der Waals surface area contributed by atoms with Gasteiger partial charge in [-0.25, -0.2) is 62.9 Å². The van der Waals surface area contributed by atoms with Crippen LogP contribution in [0.25, 0.3) is 57.7 Å². The van der Waals surface area contributed by atoms with Crippen LogP contribution in [0.15, 0.2) is 282 Å². The Morgan fingerprint density at radius 3 is 1.13 bits per heavy atom. The molecular formula is C101H76N4O24S5. The number of nitrogens with zero attached hydrogens (tertiary/aromatic N) is 4. The van der Waals surface area contributed by atoms with Crippen molar-refractivity contribution in [2.75, 3.05) is 34.6 Å².